The molecule has 1 atom stereocenters. The fourth-order valence-electron chi connectivity index (χ4n) is 1.80. The van der Waals surface area contributed by atoms with Gasteiger partial charge in [-0.05, 0) is 47.2 Å². The lowest BCUT2D eigenvalue weighted by molar-refractivity contribution is 0.0790. The molecule has 94 valence electrons. The van der Waals surface area contributed by atoms with Gasteiger partial charge in [-0.15, -0.1) is 12.4 Å². The van der Waals surface area contributed by atoms with E-state index in [4.69, 9.17) is 17.3 Å². The molecule has 0 bridgehead atoms. The van der Waals surface area contributed by atoms with E-state index >= 15 is 0 Å². The molecule has 0 radical (unpaired) electrons. The van der Waals surface area contributed by atoms with Crippen molar-refractivity contribution in [3.63, 3.8) is 0 Å². The maximum absolute atomic E-state index is 12.2. The van der Waals surface area contributed by atoms with Gasteiger partial charge in [-0.1, -0.05) is 11.6 Å². The second kappa shape index (κ2) is 6.22. The van der Waals surface area contributed by atoms with Crippen LogP contribution in [0.15, 0.2) is 18.2 Å². The van der Waals surface area contributed by atoms with Crippen molar-refractivity contribution in [1.29, 1.82) is 0 Å². The van der Waals surface area contributed by atoms with E-state index < -0.39 is 0 Å². The van der Waals surface area contributed by atoms with Gasteiger partial charge in [0.25, 0.3) is 5.91 Å². The average molecular weight is 387 g/mol. The Hall–Kier alpha value is -0.0400. The predicted octanol–water partition coefficient (Wildman–Crippen LogP) is 2.54. The molecule has 1 aliphatic heterocycles. The summed E-state index contributed by atoms with van der Waals surface area (Å²) in [6, 6.07) is 5.47. The minimum atomic E-state index is 0. The number of benzene rings is 1. The number of halogens is 3. The van der Waals surface area contributed by atoms with E-state index in [1.54, 1.807) is 17.0 Å². The molecule has 2 N–H and O–H groups in total. The molecule has 1 fully saturated rings. The van der Waals surface area contributed by atoms with Crippen molar-refractivity contribution in [2.75, 3.05) is 13.1 Å². The summed E-state index contributed by atoms with van der Waals surface area (Å²) in [5, 5.41) is 0.590. The summed E-state index contributed by atoms with van der Waals surface area (Å²) in [6.07, 6.45) is 0.878. The number of nitrogens with two attached hydrogens (primary N) is 1. The lowest BCUT2D eigenvalue weighted by Gasteiger charge is -2.16. The zero-order valence-electron chi connectivity index (χ0n) is 9.03. The quantitative estimate of drug-likeness (QED) is 0.754. The number of amides is 1. The smallest absolute Gasteiger partial charge is 0.255 e. The van der Waals surface area contributed by atoms with E-state index in [0.29, 0.717) is 17.1 Å². The van der Waals surface area contributed by atoms with Crippen molar-refractivity contribution in [3.8, 4) is 0 Å². The van der Waals surface area contributed by atoms with E-state index in [1.165, 1.54) is 0 Å². The third kappa shape index (κ3) is 3.47. The standard InChI is InChI=1S/C11H12ClIN2O.ClH/c12-7-1-2-10(13)9(5-7)11(16)15-4-3-8(14)6-15;/h1-2,5,8H,3-4,6,14H2;1H. The number of hydrogen-bond donors (Lipinski definition) is 1. The van der Waals surface area contributed by atoms with Crippen LogP contribution in [0.2, 0.25) is 5.02 Å². The van der Waals surface area contributed by atoms with E-state index in [1.807, 2.05) is 6.07 Å². The molecule has 0 aliphatic carbocycles. The summed E-state index contributed by atoms with van der Waals surface area (Å²) in [6.45, 7) is 1.38. The van der Waals surface area contributed by atoms with Crippen LogP contribution >= 0.6 is 46.6 Å². The summed E-state index contributed by atoms with van der Waals surface area (Å²) < 4.78 is 0.924. The molecular weight excluding hydrogens is 374 g/mol. The largest absolute Gasteiger partial charge is 0.337 e. The van der Waals surface area contributed by atoms with Gasteiger partial charge in [-0.2, -0.15) is 0 Å². The molecule has 1 unspecified atom stereocenters. The van der Waals surface area contributed by atoms with Crippen LogP contribution in [0.3, 0.4) is 0 Å². The van der Waals surface area contributed by atoms with Crippen LogP contribution in [0.1, 0.15) is 16.8 Å². The third-order valence-corrected chi connectivity index (χ3v) is 3.85. The van der Waals surface area contributed by atoms with Crippen LogP contribution in [0.4, 0.5) is 0 Å². The highest BCUT2D eigenvalue weighted by molar-refractivity contribution is 14.1. The predicted molar refractivity (Wildman–Crippen MR) is 79.9 cm³/mol. The number of rotatable bonds is 1. The maximum Gasteiger partial charge on any atom is 0.255 e. The lowest BCUT2D eigenvalue weighted by Crippen LogP contribution is -2.32. The molecule has 17 heavy (non-hydrogen) atoms. The summed E-state index contributed by atoms with van der Waals surface area (Å²) in [4.78, 5) is 14.0. The Morgan fingerprint density at radius 3 is 2.82 bits per heavy atom. The van der Waals surface area contributed by atoms with Crippen molar-refractivity contribution >= 4 is 52.5 Å². The molecule has 1 aliphatic rings. The molecule has 1 amide bonds. The Balaban J connectivity index is 0.00000144. The summed E-state index contributed by atoms with van der Waals surface area (Å²) in [7, 11) is 0. The number of nitrogens with zero attached hydrogens (tertiary/aromatic N) is 1. The highest BCUT2D eigenvalue weighted by Gasteiger charge is 2.25. The minimum absolute atomic E-state index is 0. The Labute approximate surface area is 125 Å². The van der Waals surface area contributed by atoms with Crippen LogP contribution in [0.25, 0.3) is 0 Å². The van der Waals surface area contributed by atoms with Crippen LogP contribution in [0.5, 0.6) is 0 Å². The molecule has 6 heteroatoms. The van der Waals surface area contributed by atoms with E-state index in [-0.39, 0.29) is 24.4 Å². The van der Waals surface area contributed by atoms with Crippen LogP contribution in [0, 0.1) is 3.57 Å². The van der Waals surface area contributed by atoms with E-state index in [2.05, 4.69) is 22.6 Å². The van der Waals surface area contributed by atoms with Gasteiger partial charge in [0, 0.05) is 27.7 Å². The molecule has 1 aromatic rings. The molecule has 0 spiro atoms. The monoisotopic (exact) mass is 386 g/mol. The second-order valence-electron chi connectivity index (χ2n) is 3.92. The Bertz CT molecular complexity index is 428. The number of carbonyl (C=O) groups excluding carboxylic acids is 1. The van der Waals surface area contributed by atoms with Crippen molar-refractivity contribution < 1.29 is 4.79 Å². The van der Waals surface area contributed by atoms with Crippen LogP contribution in [-0.2, 0) is 0 Å². The zero-order valence-corrected chi connectivity index (χ0v) is 12.8. The Morgan fingerprint density at radius 2 is 2.24 bits per heavy atom. The highest BCUT2D eigenvalue weighted by Crippen LogP contribution is 2.21. The fourth-order valence-corrected chi connectivity index (χ4v) is 2.54. The fraction of sp³-hybridized carbons (Fsp3) is 0.364. The lowest BCUT2D eigenvalue weighted by atomic mass is 10.2. The first-order chi connectivity index (χ1) is 7.58. The van der Waals surface area contributed by atoms with Crippen molar-refractivity contribution in [3.05, 3.63) is 32.4 Å². The van der Waals surface area contributed by atoms with Crippen molar-refractivity contribution in [2.24, 2.45) is 5.73 Å². The highest BCUT2D eigenvalue weighted by atomic mass is 127. The topological polar surface area (TPSA) is 46.3 Å². The molecule has 1 aromatic carbocycles. The van der Waals surface area contributed by atoms with Crippen molar-refractivity contribution in [1.82, 2.24) is 4.90 Å². The first-order valence-corrected chi connectivity index (χ1v) is 6.53. The molecule has 2 rings (SSSR count). The molecule has 1 heterocycles. The SMILES string of the molecule is Cl.NC1CCN(C(=O)c2cc(Cl)ccc2I)C1. The maximum atomic E-state index is 12.2. The summed E-state index contributed by atoms with van der Waals surface area (Å²) in [5.41, 5.74) is 6.46. The average Bonchev–Trinajstić information content (AvgIpc) is 2.67. The third-order valence-electron chi connectivity index (χ3n) is 2.67. The van der Waals surface area contributed by atoms with Crippen molar-refractivity contribution in [2.45, 2.75) is 12.5 Å². The summed E-state index contributed by atoms with van der Waals surface area (Å²) in [5.74, 6) is 0.0276. The van der Waals surface area contributed by atoms with Crippen LogP contribution in [-0.4, -0.2) is 29.9 Å². The molecule has 0 saturated carbocycles. The van der Waals surface area contributed by atoms with E-state index in [0.717, 1.165) is 16.5 Å². The first-order valence-electron chi connectivity index (χ1n) is 5.08. The van der Waals surface area contributed by atoms with Gasteiger partial charge in [0.1, 0.15) is 0 Å². The van der Waals surface area contributed by atoms with E-state index in [9.17, 15) is 4.79 Å². The van der Waals surface area contributed by atoms with Gasteiger partial charge >= 0.3 is 0 Å². The number of hydrogen-bond acceptors (Lipinski definition) is 2. The van der Waals surface area contributed by atoms with Gasteiger partial charge in [0.15, 0.2) is 0 Å². The van der Waals surface area contributed by atoms with Gasteiger partial charge in [0.05, 0.1) is 5.56 Å². The van der Waals surface area contributed by atoms with Gasteiger partial charge in [0.2, 0.25) is 0 Å². The van der Waals surface area contributed by atoms with Gasteiger partial charge in [-0.25, -0.2) is 0 Å². The molecule has 1 saturated heterocycles. The molecular formula is C11H13Cl2IN2O. The normalized spacial score (nSPS) is 19.0. The Morgan fingerprint density at radius 1 is 1.53 bits per heavy atom. The number of likely N-dealkylation sites (tertiary alicyclic amines) is 1. The first kappa shape index (κ1) is 15.0. The van der Waals surface area contributed by atoms with Gasteiger partial charge < -0.3 is 10.6 Å². The molecule has 0 aromatic heterocycles. The van der Waals surface area contributed by atoms with Gasteiger partial charge in [-0.3, -0.25) is 4.79 Å². The minimum Gasteiger partial charge on any atom is -0.337 e. The second-order valence-corrected chi connectivity index (χ2v) is 5.52. The number of carbonyl (C=O) groups is 1. The van der Waals surface area contributed by atoms with Crippen LogP contribution < -0.4 is 5.73 Å². The Kier molecular flexibility index (Phi) is 5.50. The molecule has 3 nitrogen and oxygen atoms in total. The zero-order chi connectivity index (χ0) is 11.7. The summed E-state index contributed by atoms with van der Waals surface area (Å²) >= 11 is 8.04.